The van der Waals surface area contributed by atoms with E-state index >= 15 is 0 Å². The van der Waals surface area contributed by atoms with Crippen LogP contribution in [0.15, 0.2) is 30.3 Å². The van der Waals surface area contributed by atoms with Crippen molar-refractivity contribution >= 4 is 0 Å². The van der Waals surface area contributed by atoms with Gasteiger partial charge in [0.05, 0.1) is 6.61 Å². The van der Waals surface area contributed by atoms with Gasteiger partial charge in [-0.1, -0.05) is 30.3 Å². The van der Waals surface area contributed by atoms with Crippen molar-refractivity contribution in [2.24, 2.45) is 0 Å². The lowest BCUT2D eigenvalue weighted by molar-refractivity contribution is 0.213. The van der Waals surface area contributed by atoms with Gasteiger partial charge in [-0.25, -0.2) is 0 Å². The lowest BCUT2D eigenvalue weighted by Gasteiger charge is -2.22. The molecule has 0 saturated carbocycles. The van der Waals surface area contributed by atoms with Gasteiger partial charge in [0.15, 0.2) is 0 Å². The Balaban J connectivity index is 1.84. The first-order valence-corrected chi connectivity index (χ1v) is 6.19. The number of hydrogen-bond donors (Lipinski definition) is 4. The van der Waals surface area contributed by atoms with Gasteiger partial charge in [-0.05, 0) is 18.9 Å². The zero-order chi connectivity index (χ0) is 12.1. The molecule has 1 saturated heterocycles. The molecule has 1 aliphatic rings. The monoisotopic (exact) mass is 235 g/mol. The van der Waals surface area contributed by atoms with Gasteiger partial charge in [0.1, 0.15) is 0 Å². The molecule has 0 spiro atoms. The standard InChI is InChI=1S/C13H21N3O/c1-10-7-12(16-15-10)13(9-17)14-8-11-5-3-2-4-6-11/h2-6,10,12-17H,7-9H2,1H3. The van der Waals surface area contributed by atoms with Gasteiger partial charge in [-0.3, -0.25) is 10.9 Å². The number of aliphatic hydroxyl groups is 1. The maximum absolute atomic E-state index is 9.42. The van der Waals surface area contributed by atoms with Crippen molar-refractivity contribution in [2.75, 3.05) is 6.61 Å². The molecule has 0 aliphatic carbocycles. The van der Waals surface area contributed by atoms with Gasteiger partial charge >= 0.3 is 0 Å². The molecule has 0 amide bonds. The topological polar surface area (TPSA) is 56.3 Å². The molecule has 1 fully saturated rings. The van der Waals surface area contributed by atoms with Crippen LogP contribution in [0.25, 0.3) is 0 Å². The van der Waals surface area contributed by atoms with Crippen LogP contribution in [-0.4, -0.2) is 29.8 Å². The number of hydrogen-bond acceptors (Lipinski definition) is 4. The second kappa shape index (κ2) is 6.12. The first-order valence-electron chi connectivity index (χ1n) is 6.19. The fourth-order valence-corrected chi connectivity index (χ4v) is 2.19. The van der Waals surface area contributed by atoms with Crippen LogP contribution < -0.4 is 16.2 Å². The number of aliphatic hydroxyl groups excluding tert-OH is 1. The molecule has 0 aromatic heterocycles. The smallest absolute Gasteiger partial charge is 0.0600 e. The third kappa shape index (κ3) is 3.51. The van der Waals surface area contributed by atoms with E-state index in [1.807, 2.05) is 18.2 Å². The van der Waals surface area contributed by atoms with E-state index in [2.05, 4.69) is 35.2 Å². The van der Waals surface area contributed by atoms with E-state index in [0.717, 1.165) is 13.0 Å². The zero-order valence-corrected chi connectivity index (χ0v) is 10.2. The zero-order valence-electron chi connectivity index (χ0n) is 10.2. The van der Waals surface area contributed by atoms with E-state index in [4.69, 9.17) is 0 Å². The first-order chi connectivity index (χ1) is 8.29. The van der Waals surface area contributed by atoms with Gasteiger partial charge < -0.3 is 10.4 Å². The summed E-state index contributed by atoms with van der Waals surface area (Å²) >= 11 is 0. The van der Waals surface area contributed by atoms with Crippen LogP contribution in [0, 0.1) is 0 Å². The molecule has 4 heteroatoms. The molecule has 1 aromatic carbocycles. The van der Waals surface area contributed by atoms with E-state index in [1.54, 1.807) is 0 Å². The summed E-state index contributed by atoms with van der Waals surface area (Å²) in [6.07, 6.45) is 1.03. The maximum atomic E-state index is 9.42. The second-order valence-electron chi connectivity index (χ2n) is 4.69. The predicted octanol–water partition coefficient (Wildman–Crippen LogP) is 0.392. The lowest BCUT2D eigenvalue weighted by atomic mass is 10.0. The lowest BCUT2D eigenvalue weighted by Crippen LogP contribution is -2.48. The molecule has 4 N–H and O–H groups in total. The van der Waals surface area contributed by atoms with Gasteiger partial charge in [0, 0.05) is 24.7 Å². The molecule has 4 nitrogen and oxygen atoms in total. The van der Waals surface area contributed by atoms with Gasteiger partial charge in [-0.2, -0.15) is 0 Å². The SMILES string of the molecule is CC1CC(C(CO)NCc2ccccc2)NN1. The highest BCUT2D eigenvalue weighted by Gasteiger charge is 2.27. The molecule has 1 aliphatic heterocycles. The quantitative estimate of drug-likeness (QED) is 0.596. The van der Waals surface area contributed by atoms with Crippen molar-refractivity contribution in [1.82, 2.24) is 16.2 Å². The van der Waals surface area contributed by atoms with Crippen molar-refractivity contribution in [1.29, 1.82) is 0 Å². The fraction of sp³-hybridized carbons (Fsp3) is 0.538. The summed E-state index contributed by atoms with van der Waals surface area (Å²) in [5, 5.41) is 12.8. The fourth-order valence-electron chi connectivity index (χ4n) is 2.19. The highest BCUT2D eigenvalue weighted by molar-refractivity contribution is 5.14. The van der Waals surface area contributed by atoms with Crippen LogP contribution in [0.3, 0.4) is 0 Å². The Kier molecular flexibility index (Phi) is 4.50. The van der Waals surface area contributed by atoms with E-state index in [9.17, 15) is 5.11 Å². The number of nitrogens with one attached hydrogen (secondary N) is 3. The third-order valence-corrected chi connectivity index (χ3v) is 3.22. The summed E-state index contributed by atoms with van der Waals surface area (Å²) in [7, 11) is 0. The summed E-state index contributed by atoms with van der Waals surface area (Å²) in [6, 6.07) is 11.1. The molecule has 0 bridgehead atoms. The summed E-state index contributed by atoms with van der Waals surface area (Å²) in [5.41, 5.74) is 7.64. The maximum Gasteiger partial charge on any atom is 0.0600 e. The van der Waals surface area contributed by atoms with Crippen molar-refractivity contribution in [3.63, 3.8) is 0 Å². The van der Waals surface area contributed by atoms with Gasteiger partial charge in [-0.15, -0.1) is 0 Å². The number of benzene rings is 1. The van der Waals surface area contributed by atoms with Crippen molar-refractivity contribution < 1.29 is 5.11 Å². The minimum atomic E-state index is 0.0904. The van der Waals surface area contributed by atoms with Crippen LogP contribution in [0.5, 0.6) is 0 Å². The van der Waals surface area contributed by atoms with E-state index < -0.39 is 0 Å². The van der Waals surface area contributed by atoms with Crippen LogP contribution in [0.1, 0.15) is 18.9 Å². The minimum absolute atomic E-state index is 0.0904. The van der Waals surface area contributed by atoms with Crippen LogP contribution in [0.2, 0.25) is 0 Å². The van der Waals surface area contributed by atoms with Crippen LogP contribution in [0.4, 0.5) is 0 Å². The predicted molar refractivity (Wildman–Crippen MR) is 68.3 cm³/mol. The molecule has 1 heterocycles. The van der Waals surface area contributed by atoms with Crippen molar-refractivity contribution in [3.8, 4) is 0 Å². The molecule has 3 atom stereocenters. The van der Waals surface area contributed by atoms with Gasteiger partial charge in [0.25, 0.3) is 0 Å². The molecular weight excluding hydrogens is 214 g/mol. The van der Waals surface area contributed by atoms with E-state index in [0.29, 0.717) is 12.1 Å². The molecule has 94 valence electrons. The molecular formula is C13H21N3O. The molecule has 17 heavy (non-hydrogen) atoms. The number of rotatable bonds is 5. The van der Waals surface area contributed by atoms with Crippen molar-refractivity contribution in [3.05, 3.63) is 35.9 Å². The Morgan fingerprint density at radius 2 is 2.12 bits per heavy atom. The molecule has 1 aromatic rings. The Morgan fingerprint density at radius 1 is 1.35 bits per heavy atom. The van der Waals surface area contributed by atoms with Crippen molar-refractivity contribution in [2.45, 2.75) is 38.0 Å². The first kappa shape index (κ1) is 12.5. The normalized spacial score (nSPS) is 26.0. The van der Waals surface area contributed by atoms with E-state index in [-0.39, 0.29) is 12.6 Å². The molecule has 2 rings (SSSR count). The Labute approximate surface area is 102 Å². The highest BCUT2D eigenvalue weighted by atomic mass is 16.3. The largest absolute Gasteiger partial charge is 0.395 e. The summed E-state index contributed by atoms with van der Waals surface area (Å²) in [4.78, 5) is 0. The van der Waals surface area contributed by atoms with Crippen LogP contribution >= 0.6 is 0 Å². The average molecular weight is 235 g/mol. The Hall–Kier alpha value is -0.940. The molecule has 3 unspecified atom stereocenters. The Bertz CT molecular complexity index is 331. The third-order valence-electron chi connectivity index (χ3n) is 3.22. The van der Waals surface area contributed by atoms with Crippen LogP contribution in [-0.2, 0) is 6.54 Å². The second-order valence-corrected chi connectivity index (χ2v) is 4.69. The Morgan fingerprint density at radius 3 is 2.71 bits per heavy atom. The van der Waals surface area contributed by atoms with E-state index in [1.165, 1.54) is 5.56 Å². The summed E-state index contributed by atoms with van der Waals surface area (Å²) in [5.74, 6) is 0. The highest BCUT2D eigenvalue weighted by Crippen LogP contribution is 2.09. The minimum Gasteiger partial charge on any atom is -0.395 e. The summed E-state index contributed by atoms with van der Waals surface area (Å²) in [6.45, 7) is 3.08. The summed E-state index contributed by atoms with van der Waals surface area (Å²) < 4.78 is 0. The average Bonchev–Trinajstić information content (AvgIpc) is 2.78. The number of hydrazine groups is 1. The molecule has 0 radical (unpaired) electrons. The van der Waals surface area contributed by atoms with Gasteiger partial charge in [0.2, 0.25) is 0 Å².